The first-order valence-corrected chi connectivity index (χ1v) is 6.06. The standard InChI is InChI=1S/C15H14ClNO/c1-11-6-5-7-12(10-11)17(2)15(18)13-8-3-4-9-14(13)16/h3-10H,1-2H3. The maximum absolute atomic E-state index is 12.3. The van der Waals surface area contributed by atoms with E-state index in [4.69, 9.17) is 11.6 Å². The fourth-order valence-corrected chi connectivity index (χ4v) is 1.99. The van der Waals surface area contributed by atoms with Crippen molar-refractivity contribution in [1.82, 2.24) is 0 Å². The maximum atomic E-state index is 12.3. The first kappa shape index (κ1) is 12.7. The molecule has 2 aromatic rings. The monoisotopic (exact) mass is 259 g/mol. The van der Waals surface area contributed by atoms with Crippen molar-refractivity contribution >= 4 is 23.2 Å². The number of hydrogen-bond donors (Lipinski definition) is 0. The van der Waals surface area contributed by atoms with Crippen LogP contribution in [0.4, 0.5) is 5.69 Å². The van der Waals surface area contributed by atoms with Crippen LogP contribution in [-0.4, -0.2) is 13.0 Å². The number of rotatable bonds is 2. The Morgan fingerprint density at radius 2 is 1.83 bits per heavy atom. The lowest BCUT2D eigenvalue weighted by molar-refractivity contribution is 0.0993. The second kappa shape index (κ2) is 5.23. The molecular weight excluding hydrogens is 246 g/mol. The summed E-state index contributed by atoms with van der Waals surface area (Å²) >= 11 is 6.03. The molecule has 0 atom stereocenters. The summed E-state index contributed by atoms with van der Waals surface area (Å²) in [6.07, 6.45) is 0. The fourth-order valence-electron chi connectivity index (χ4n) is 1.77. The highest BCUT2D eigenvalue weighted by molar-refractivity contribution is 6.34. The molecule has 0 unspecified atom stereocenters. The fraction of sp³-hybridized carbons (Fsp3) is 0.133. The largest absolute Gasteiger partial charge is 0.311 e. The van der Waals surface area contributed by atoms with Gasteiger partial charge in [-0.1, -0.05) is 35.9 Å². The van der Waals surface area contributed by atoms with E-state index in [1.54, 1.807) is 24.1 Å². The predicted octanol–water partition coefficient (Wildman–Crippen LogP) is 3.93. The normalized spacial score (nSPS) is 10.2. The van der Waals surface area contributed by atoms with Crippen molar-refractivity contribution in [2.24, 2.45) is 0 Å². The molecule has 0 N–H and O–H groups in total. The molecule has 92 valence electrons. The summed E-state index contributed by atoms with van der Waals surface area (Å²) in [5, 5.41) is 0.474. The molecule has 2 aromatic carbocycles. The van der Waals surface area contributed by atoms with E-state index in [1.165, 1.54) is 0 Å². The SMILES string of the molecule is Cc1cccc(N(C)C(=O)c2ccccc2Cl)c1. The van der Waals surface area contributed by atoms with Gasteiger partial charge in [0.1, 0.15) is 0 Å². The molecule has 0 radical (unpaired) electrons. The molecule has 0 heterocycles. The van der Waals surface area contributed by atoms with Crippen molar-refractivity contribution in [3.63, 3.8) is 0 Å². The first-order chi connectivity index (χ1) is 8.59. The zero-order valence-corrected chi connectivity index (χ0v) is 11.1. The van der Waals surface area contributed by atoms with E-state index in [9.17, 15) is 4.79 Å². The number of aryl methyl sites for hydroxylation is 1. The Labute approximate surface area is 112 Å². The van der Waals surface area contributed by atoms with Gasteiger partial charge in [0.05, 0.1) is 10.6 Å². The summed E-state index contributed by atoms with van der Waals surface area (Å²) in [6, 6.07) is 14.9. The van der Waals surface area contributed by atoms with Crippen LogP contribution in [0.15, 0.2) is 48.5 Å². The van der Waals surface area contributed by atoms with E-state index in [0.29, 0.717) is 10.6 Å². The Bertz CT molecular complexity index is 580. The lowest BCUT2D eigenvalue weighted by Gasteiger charge is -2.18. The number of benzene rings is 2. The highest BCUT2D eigenvalue weighted by Gasteiger charge is 2.15. The molecule has 1 amide bonds. The van der Waals surface area contributed by atoms with Gasteiger partial charge in [0.2, 0.25) is 0 Å². The second-order valence-corrected chi connectivity index (χ2v) is 4.59. The van der Waals surface area contributed by atoms with Gasteiger partial charge < -0.3 is 4.90 Å². The van der Waals surface area contributed by atoms with Crippen LogP contribution in [-0.2, 0) is 0 Å². The minimum absolute atomic E-state index is 0.105. The molecule has 2 nitrogen and oxygen atoms in total. The summed E-state index contributed by atoms with van der Waals surface area (Å²) in [6.45, 7) is 2.00. The van der Waals surface area contributed by atoms with E-state index in [-0.39, 0.29) is 5.91 Å². The van der Waals surface area contributed by atoms with E-state index < -0.39 is 0 Å². The summed E-state index contributed by atoms with van der Waals surface area (Å²) in [5.74, 6) is -0.105. The van der Waals surface area contributed by atoms with Gasteiger partial charge in [-0.15, -0.1) is 0 Å². The summed E-state index contributed by atoms with van der Waals surface area (Å²) < 4.78 is 0. The maximum Gasteiger partial charge on any atom is 0.259 e. The Balaban J connectivity index is 2.32. The third kappa shape index (κ3) is 2.54. The Morgan fingerprint density at radius 1 is 1.11 bits per heavy atom. The molecule has 0 fully saturated rings. The van der Waals surface area contributed by atoms with Crippen LogP contribution in [0.3, 0.4) is 0 Å². The molecule has 0 aliphatic carbocycles. The number of hydrogen-bond acceptors (Lipinski definition) is 1. The third-order valence-electron chi connectivity index (χ3n) is 2.80. The lowest BCUT2D eigenvalue weighted by atomic mass is 10.1. The van der Waals surface area contributed by atoms with Gasteiger partial charge in [0, 0.05) is 12.7 Å². The zero-order chi connectivity index (χ0) is 13.1. The van der Waals surface area contributed by atoms with E-state index >= 15 is 0 Å². The summed E-state index contributed by atoms with van der Waals surface area (Å²) in [5.41, 5.74) is 2.49. The lowest BCUT2D eigenvalue weighted by Crippen LogP contribution is -2.26. The van der Waals surface area contributed by atoms with Crippen molar-refractivity contribution in [3.05, 3.63) is 64.7 Å². The van der Waals surface area contributed by atoms with Gasteiger partial charge in [-0.25, -0.2) is 0 Å². The molecular formula is C15H14ClNO. The topological polar surface area (TPSA) is 20.3 Å². The molecule has 18 heavy (non-hydrogen) atoms. The minimum Gasteiger partial charge on any atom is -0.311 e. The van der Waals surface area contributed by atoms with Crippen LogP contribution in [0, 0.1) is 6.92 Å². The Morgan fingerprint density at radius 3 is 2.50 bits per heavy atom. The van der Waals surface area contributed by atoms with Gasteiger partial charge in [0.15, 0.2) is 0 Å². The zero-order valence-electron chi connectivity index (χ0n) is 10.4. The van der Waals surface area contributed by atoms with Crippen molar-refractivity contribution in [3.8, 4) is 0 Å². The third-order valence-corrected chi connectivity index (χ3v) is 3.13. The minimum atomic E-state index is -0.105. The van der Waals surface area contributed by atoms with Gasteiger partial charge in [-0.2, -0.15) is 0 Å². The highest BCUT2D eigenvalue weighted by Crippen LogP contribution is 2.21. The van der Waals surface area contributed by atoms with Crippen LogP contribution in [0.1, 0.15) is 15.9 Å². The Kier molecular flexibility index (Phi) is 3.68. The smallest absolute Gasteiger partial charge is 0.259 e. The van der Waals surface area contributed by atoms with Crippen LogP contribution >= 0.6 is 11.6 Å². The van der Waals surface area contributed by atoms with Crippen LogP contribution in [0.2, 0.25) is 5.02 Å². The number of amides is 1. The highest BCUT2D eigenvalue weighted by atomic mass is 35.5. The average molecular weight is 260 g/mol. The molecule has 3 heteroatoms. The predicted molar refractivity (Wildman–Crippen MR) is 75.4 cm³/mol. The molecule has 0 aliphatic rings. The number of halogens is 1. The van der Waals surface area contributed by atoms with Gasteiger partial charge in [0.25, 0.3) is 5.91 Å². The molecule has 0 bridgehead atoms. The van der Waals surface area contributed by atoms with Gasteiger partial charge in [-0.3, -0.25) is 4.79 Å². The second-order valence-electron chi connectivity index (χ2n) is 4.18. The quantitative estimate of drug-likeness (QED) is 0.800. The number of anilines is 1. The summed E-state index contributed by atoms with van der Waals surface area (Å²) in [4.78, 5) is 13.9. The van der Waals surface area contributed by atoms with Crippen molar-refractivity contribution < 1.29 is 4.79 Å². The van der Waals surface area contributed by atoms with Gasteiger partial charge in [-0.05, 0) is 36.8 Å². The number of carbonyl (C=O) groups excluding carboxylic acids is 1. The van der Waals surface area contributed by atoms with Gasteiger partial charge >= 0.3 is 0 Å². The Hall–Kier alpha value is -1.80. The molecule has 0 aliphatic heterocycles. The van der Waals surface area contributed by atoms with E-state index in [2.05, 4.69) is 0 Å². The first-order valence-electron chi connectivity index (χ1n) is 5.69. The van der Waals surface area contributed by atoms with Crippen molar-refractivity contribution in [2.45, 2.75) is 6.92 Å². The average Bonchev–Trinajstić information content (AvgIpc) is 2.37. The van der Waals surface area contributed by atoms with Crippen LogP contribution < -0.4 is 4.90 Å². The van der Waals surface area contributed by atoms with Crippen LogP contribution in [0.5, 0.6) is 0 Å². The molecule has 0 saturated carbocycles. The molecule has 0 spiro atoms. The summed E-state index contributed by atoms with van der Waals surface area (Å²) in [7, 11) is 1.75. The van der Waals surface area contributed by atoms with E-state index in [0.717, 1.165) is 11.3 Å². The van der Waals surface area contributed by atoms with Crippen molar-refractivity contribution in [2.75, 3.05) is 11.9 Å². The van der Waals surface area contributed by atoms with E-state index in [1.807, 2.05) is 43.3 Å². The van der Waals surface area contributed by atoms with Crippen molar-refractivity contribution in [1.29, 1.82) is 0 Å². The molecule has 2 rings (SSSR count). The molecule has 0 saturated heterocycles. The van der Waals surface area contributed by atoms with Crippen LogP contribution in [0.25, 0.3) is 0 Å². The molecule has 0 aromatic heterocycles. The number of carbonyl (C=O) groups is 1. The number of nitrogens with zero attached hydrogens (tertiary/aromatic N) is 1.